The van der Waals surface area contributed by atoms with Crippen molar-refractivity contribution in [2.45, 2.75) is 6.42 Å². The maximum absolute atomic E-state index is 10.7. The van der Waals surface area contributed by atoms with Crippen molar-refractivity contribution < 1.29 is 9.90 Å². The molecule has 0 spiro atoms. The van der Waals surface area contributed by atoms with Crippen LogP contribution in [0.15, 0.2) is 24.3 Å². The summed E-state index contributed by atoms with van der Waals surface area (Å²) in [7, 11) is 0. The largest absolute Gasteiger partial charge is 0.478 e. The van der Waals surface area contributed by atoms with Gasteiger partial charge in [-0.1, -0.05) is 18.2 Å². The molecule has 0 atom stereocenters. The summed E-state index contributed by atoms with van der Waals surface area (Å²) in [6, 6.07) is 4.89. The van der Waals surface area contributed by atoms with Crippen molar-refractivity contribution >= 4 is 30.4 Å². The summed E-state index contributed by atoms with van der Waals surface area (Å²) in [5.41, 5.74) is 6.93. The van der Waals surface area contributed by atoms with E-state index in [1.54, 1.807) is 12.1 Å². The number of allylic oxidation sites excluding steroid dienone is 1. The van der Waals surface area contributed by atoms with Gasteiger partial charge < -0.3 is 10.8 Å². The van der Waals surface area contributed by atoms with E-state index in [2.05, 4.69) is 12.6 Å². The molecule has 80 valence electrons. The van der Waals surface area contributed by atoms with Gasteiger partial charge in [0.2, 0.25) is 0 Å². The molecule has 15 heavy (non-hydrogen) atoms. The second kappa shape index (κ2) is 5.46. The first-order valence-corrected chi connectivity index (χ1v) is 5.18. The number of nitrogens with two attached hydrogens (primary N) is 1. The molecule has 3 nitrogen and oxygen atoms in total. The minimum Gasteiger partial charge on any atom is -0.478 e. The zero-order valence-electron chi connectivity index (χ0n) is 8.18. The zero-order chi connectivity index (χ0) is 11.3. The van der Waals surface area contributed by atoms with Crippen LogP contribution >= 0.6 is 12.6 Å². The van der Waals surface area contributed by atoms with E-state index in [1.807, 2.05) is 12.2 Å². The van der Waals surface area contributed by atoms with Gasteiger partial charge in [0.25, 0.3) is 0 Å². The number of benzene rings is 1. The fraction of sp³-hybridized carbons (Fsp3) is 0.182. The summed E-state index contributed by atoms with van der Waals surface area (Å²) in [6.07, 6.45) is 4.75. The molecule has 0 aliphatic rings. The van der Waals surface area contributed by atoms with Gasteiger partial charge in [-0.25, -0.2) is 4.79 Å². The summed E-state index contributed by atoms with van der Waals surface area (Å²) < 4.78 is 0. The van der Waals surface area contributed by atoms with Crippen LogP contribution in [-0.4, -0.2) is 16.8 Å². The van der Waals surface area contributed by atoms with E-state index < -0.39 is 5.97 Å². The Labute approximate surface area is 94.0 Å². The third-order valence-electron chi connectivity index (χ3n) is 1.91. The maximum Gasteiger partial charge on any atom is 0.337 e. The Morgan fingerprint density at radius 3 is 2.80 bits per heavy atom. The monoisotopic (exact) mass is 223 g/mol. The van der Waals surface area contributed by atoms with Gasteiger partial charge in [-0.2, -0.15) is 12.6 Å². The lowest BCUT2D eigenvalue weighted by Crippen LogP contribution is -2.01. The van der Waals surface area contributed by atoms with Crippen LogP contribution in [0.3, 0.4) is 0 Å². The standard InChI is InChI=1S/C11H13NO2S/c12-10-7-8(3-1-2-6-15)4-5-9(10)11(13)14/h1,3-5,7,15H,2,6,12H2,(H,13,14). The maximum atomic E-state index is 10.7. The fourth-order valence-corrected chi connectivity index (χ4v) is 1.32. The number of nitrogen functional groups attached to an aromatic ring is 1. The lowest BCUT2D eigenvalue weighted by atomic mass is 10.1. The molecule has 0 saturated carbocycles. The molecule has 0 aliphatic heterocycles. The fourth-order valence-electron chi connectivity index (χ4n) is 1.17. The summed E-state index contributed by atoms with van der Waals surface area (Å²) in [5.74, 6) is -0.211. The molecule has 1 rings (SSSR count). The van der Waals surface area contributed by atoms with Crippen molar-refractivity contribution in [1.29, 1.82) is 0 Å². The Balaban J connectivity index is 2.87. The van der Waals surface area contributed by atoms with Gasteiger partial charge in [0.15, 0.2) is 0 Å². The van der Waals surface area contributed by atoms with E-state index in [4.69, 9.17) is 10.8 Å². The van der Waals surface area contributed by atoms with Gasteiger partial charge in [0.05, 0.1) is 5.56 Å². The molecule has 0 radical (unpaired) electrons. The highest BCUT2D eigenvalue weighted by atomic mass is 32.1. The number of anilines is 1. The molecule has 0 bridgehead atoms. The van der Waals surface area contributed by atoms with E-state index in [0.717, 1.165) is 17.7 Å². The Bertz CT molecular complexity index is 388. The normalized spacial score (nSPS) is 10.7. The average Bonchev–Trinajstić information content (AvgIpc) is 2.17. The summed E-state index contributed by atoms with van der Waals surface area (Å²) >= 11 is 4.08. The highest BCUT2D eigenvalue weighted by Gasteiger charge is 2.06. The molecule has 0 fully saturated rings. The molecule has 0 aliphatic carbocycles. The number of carboxylic acid groups (broad SMARTS) is 1. The Morgan fingerprint density at radius 1 is 1.53 bits per heavy atom. The molecule has 0 unspecified atom stereocenters. The van der Waals surface area contributed by atoms with Crippen LogP contribution in [0.1, 0.15) is 22.3 Å². The van der Waals surface area contributed by atoms with Crippen LogP contribution in [0.4, 0.5) is 5.69 Å². The number of hydrogen-bond acceptors (Lipinski definition) is 3. The molecular formula is C11H13NO2S. The van der Waals surface area contributed by atoms with Gasteiger partial charge in [0.1, 0.15) is 0 Å². The second-order valence-corrected chi connectivity index (χ2v) is 3.51. The number of hydrogen-bond donors (Lipinski definition) is 3. The average molecular weight is 223 g/mol. The van der Waals surface area contributed by atoms with E-state index in [0.29, 0.717) is 0 Å². The van der Waals surface area contributed by atoms with Crippen molar-refractivity contribution in [2.24, 2.45) is 0 Å². The van der Waals surface area contributed by atoms with E-state index >= 15 is 0 Å². The van der Waals surface area contributed by atoms with Gasteiger partial charge in [-0.15, -0.1) is 0 Å². The number of carboxylic acids is 1. The highest BCUT2D eigenvalue weighted by molar-refractivity contribution is 7.80. The quantitative estimate of drug-likeness (QED) is 0.542. The van der Waals surface area contributed by atoms with Gasteiger partial charge in [0, 0.05) is 5.69 Å². The Hall–Kier alpha value is -1.42. The predicted octanol–water partition coefficient (Wildman–Crippen LogP) is 2.30. The minimum absolute atomic E-state index is 0.140. The van der Waals surface area contributed by atoms with Crippen molar-refractivity contribution in [3.8, 4) is 0 Å². The lowest BCUT2D eigenvalue weighted by Gasteiger charge is -2.01. The van der Waals surface area contributed by atoms with Gasteiger partial charge in [-0.3, -0.25) is 0 Å². The summed E-state index contributed by atoms with van der Waals surface area (Å²) in [6.45, 7) is 0. The van der Waals surface area contributed by atoms with Crippen LogP contribution < -0.4 is 5.73 Å². The molecule has 4 heteroatoms. The number of rotatable bonds is 4. The van der Waals surface area contributed by atoms with Crippen LogP contribution in [-0.2, 0) is 0 Å². The SMILES string of the molecule is Nc1cc(C=CCCS)ccc1C(=O)O. The van der Waals surface area contributed by atoms with E-state index in [-0.39, 0.29) is 11.3 Å². The lowest BCUT2D eigenvalue weighted by molar-refractivity contribution is 0.0698. The molecule has 0 aromatic heterocycles. The Kier molecular flexibility index (Phi) is 4.24. The molecule has 0 amide bonds. The zero-order valence-corrected chi connectivity index (χ0v) is 9.08. The first-order chi connectivity index (χ1) is 7.15. The number of aromatic carboxylic acids is 1. The van der Waals surface area contributed by atoms with Crippen LogP contribution in [0.5, 0.6) is 0 Å². The second-order valence-electron chi connectivity index (χ2n) is 3.07. The Morgan fingerprint density at radius 2 is 2.27 bits per heavy atom. The summed E-state index contributed by atoms with van der Waals surface area (Å²) in [5, 5.41) is 8.76. The molecule has 3 N–H and O–H groups in total. The first-order valence-electron chi connectivity index (χ1n) is 4.55. The van der Waals surface area contributed by atoms with Crippen LogP contribution in [0.25, 0.3) is 6.08 Å². The minimum atomic E-state index is -1.00. The first kappa shape index (κ1) is 11.7. The third-order valence-corrected chi connectivity index (χ3v) is 2.17. The van der Waals surface area contributed by atoms with Crippen LogP contribution in [0.2, 0.25) is 0 Å². The number of thiol groups is 1. The molecule has 1 aromatic rings. The summed E-state index contributed by atoms with van der Waals surface area (Å²) in [4.78, 5) is 10.7. The van der Waals surface area contributed by atoms with E-state index in [1.165, 1.54) is 6.07 Å². The third kappa shape index (κ3) is 3.32. The molecule has 0 saturated heterocycles. The van der Waals surface area contributed by atoms with Crippen molar-refractivity contribution in [3.63, 3.8) is 0 Å². The molecular weight excluding hydrogens is 210 g/mol. The van der Waals surface area contributed by atoms with Crippen molar-refractivity contribution in [3.05, 3.63) is 35.4 Å². The van der Waals surface area contributed by atoms with E-state index in [9.17, 15) is 4.79 Å². The molecule has 0 heterocycles. The highest BCUT2D eigenvalue weighted by Crippen LogP contribution is 2.15. The van der Waals surface area contributed by atoms with Crippen molar-refractivity contribution in [2.75, 3.05) is 11.5 Å². The van der Waals surface area contributed by atoms with Crippen LogP contribution in [0, 0.1) is 0 Å². The van der Waals surface area contributed by atoms with Crippen molar-refractivity contribution in [1.82, 2.24) is 0 Å². The molecule has 1 aromatic carbocycles. The topological polar surface area (TPSA) is 63.3 Å². The predicted molar refractivity (Wildman–Crippen MR) is 65.3 cm³/mol. The van der Waals surface area contributed by atoms with Gasteiger partial charge >= 0.3 is 5.97 Å². The van der Waals surface area contributed by atoms with Gasteiger partial charge in [-0.05, 0) is 29.9 Å². The number of carbonyl (C=O) groups is 1. The smallest absolute Gasteiger partial charge is 0.337 e.